The van der Waals surface area contributed by atoms with Crippen LogP contribution in [0.15, 0.2) is 18.3 Å². The molecule has 0 bridgehead atoms. The summed E-state index contributed by atoms with van der Waals surface area (Å²) in [6, 6.07) is 2.81. The van der Waals surface area contributed by atoms with E-state index in [-0.39, 0.29) is 0 Å². The Hall–Kier alpha value is -0.860. The Labute approximate surface area is 94.4 Å². The van der Waals surface area contributed by atoms with Gasteiger partial charge in [0.25, 0.3) is 0 Å². The standard InChI is InChI=1S/C12H13ClN2/c1-7-2-9(5-15-12(7)13)8-3-10-6-14-11(10)4-8/h2-3,5,10-11,14H,4,6H2,1H3/t10-,11-/m1/s1. The molecule has 3 rings (SSSR count). The first kappa shape index (κ1) is 9.37. The molecule has 2 heterocycles. The average molecular weight is 221 g/mol. The second-order valence-electron chi connectivity index (χ2n) is 4.41. The van der Waals surface area contributed by atoms with Crippen LogP contribution in [0.3, 0.4) is 0 Å². The van der Waals surface area contributed by atoms with E-state index in [9.17, 15) is 0 Å². The number of aryl methyl sites for hydroxylation is 1. The average Bonchev–Trinajstić information content (AvgIpc) is 2.48. The van der Waals surface area contributed by atoms with Gasteiger partial charge in [-0.05, 0) is 36.1 Å². The minimum Gasteiger partial charge on any atom is -0.312 e. The zero-order valence-electron chi connectivity index (χ0n) is 8.63. The van der Waals surface area contributed by atoms with E-state index >= 15 is 0 Å². The van der Waals surface area contributed by atoms with E-state index in [2.05, 4.69) is 22.4 Å². The van der Waals surface area contributed by atoms with Crippen molar-refractivity contribution in [3.8, 4) is 0 Å². The van der Waals surface area contributed by atoms with E-state index < -0.39 is 0 Å². The van der Waals surface area contributed by atoms with E-state index in [4.69, 9.17) is 11.6 Å². The smallest absolute Gasteiger partial charge is 0.131 e. The molecule has 0 radical (unpaired) electrons. The molecule has 1 saturated heterocycles. The first-order valence-electron chi connectivity index (χ1n) is 5.30. The number of hydrogen-bond acceptors (Lipinski definition) is 2. The lowest BCUT2D eigenvalue weighted by Gasteiger charge is -2.31. The van der Waals surface area contributed by atoms with Crippen LogP contribution in [-0.2, 0) is 0 Å². The minimum atomic E-state index is 0.610. The molecule has 0 aromatic carbocycles. The maximum Gasteiger partial charge on any atom is 0.131 e. The summed E-state index contributed by atoms with van der Waals surface area (Å²) in [7, 11) is 0. The zero-order valence-corrected chi connectivity index (χ0v) is 9.38. The second-order valence-corrected chi connectivity index (χ2v) is 4.76. The van der Waals surface area contributed by atoms with Crippen molar-refractivity contribution < 1.29 is 0 Å². The minimum absolute atomic E-state index is 0.610. The molecule has 3 heteroatoms. The lowest BCUT2D eigenvalue weighted by Crippen LogP contribution is -2.49. The van der Waals surface area contributed by atoms with Gasteiger partial charge in [0.05, 0.1) is 0 Å². The molecule has 0 saturated carbocycles. The summed E-state index contributed by atoms with van der Waals surface area (Å²) in [6.07, 6.45) is 5.39. The molecule has 2 aliphatic rings. The van der Waals surface area contributed by atoms with Crippen LogP contribution in [-0.4, -0.2) is 17.6 Å². The van der Waals surface area contributed by atoms with Gasteiger partial charge in [-0.25, -0.2) is 4.98 Å². The van der Waals surface area contributed by atoms with Crippen LogP contribution in [0.25, 0.3) is 5.57 Å². The summed E-state index contributed by atoms with van der Waals surface area (Å²) in [5.41, 5.74) is 3.71. The topological polar surface area (TPSA) is 24.9 Å². The van der Waals surface area contributed by atoms with E-state index in [0.29, 0.717) is 11.2 Å². The van der Waals surface area contributed by atoms with Crippen LogP contribution in [0.1, 0.15) is 17.5 Å². The normalized spacial score (nSPS) is 28.3. The van der Waals surface area contributed by atoms with E-state index in [1.165, 1.54) is 11.1 Å². The largest absolute Gasteiger partial charge is 0.312 e. The number of nitrogens with zero attached hydrogens (tertiary/aromatic N) is 1. The third-order valence-electron chi connectivity index (χ3n) is 3.37. The highest BCUT2D eigenvalue weighted by Gasteiger charge is 2.34. The van der Waals surface area contributed by atoms with Gasteiger partial charge in [0.1, 0.15) is 5.15 Å². The van der Waals surface area contributed by atoms with Crippen LogP contribution < -0.4 is 5.32 Å². The molecule has 1 aromatic heterocycles. The number of nitrogens with one attached hydrogen (secondary N) is 1. The summed E-state index contributed by atoms with van der Waals surface area (Å²) in [6.45, 7) is 3.13. The van der Waals surface area contributed by atoms with Gasteiger partial charge in [0.15, 0.2) is 0 Å². The summed E-state index contributed by atoms with van der Waals surface area (Å²) >= 11 is 5.91. The monoisotopic (exact) mass is 220 g/mol. The van der Waals surface area contributed by atoms with Crippen LogP contribution in [0.5, 0.6) is 0 Å². The van der Waals surface area contributed by atoms with Gasteiger partial charge >= 0.3 is 0 Å². The van der Waals surface area contributed by atoms with Crippen LogP contribution >= 0.6 is 11.6 Å². The molecule has 1 fully saturated rings. The highest BCUT2D eigenvalue weighted by molar-refractivity contribution is 6.30. The van der Waals surface area contributed by atoms with Crippen molar-refractivity contribution in [3.05, 3.63) is 34.6 Å². The second kappa shape index (κ2) is 3.32. The first-order valence-corrected chi connectivity index (χ1v) is 5.68. The Kier molecular flexibility index (Phi) is 2.08. The molecule has 1 aliphatic carbocycles. The number of rotatable bonds is 1. The predicted molar refractivity (Wildman–Crippen MR) is 61.9 cm³/mol. The summed E-state index contributed by atoms with van der Waals surface area (Å²) in [5, 5.41) is 4.04. The van der Waals surface area contributed by atoms with Crippen molar-refractivity contribution >= 4 is 17.2 Å². The molecule has 0 spiro atoms. The van der Waals surface area contributed by atoms with Crippen LogP contribution in [0.2, 0.25) is 5.15 Å². The highest BCUT2D eigenvalue weighted by atomic mass is 35.5. The van der Waals surface area contributed by atoms with E-state index in [1.807, 2.05) is 13.1 Å². The quantitative estimate of drug-likeness (QED) is 0.736. The molecule has 2 atom stereocenters. The molecule has 0 unspecified atom stereocenters. The Morgan fingerprint density at radius 3 is 2.93 bits per heavy atom. The summed E-state index contributed by atoms with van der Waals surface area (Å²) in [5.74, 6) is 0.746. The molecule has 1 aromatic rings. The molecule has 15 heavy (non-hydrogen) atoms. The Morgan fingerprint density at radius 2 is 2.40 bits per heavy atom. The predicted octanol–water partition coefficient (Wildman–Crippen LogP) is 2.42. The fourth-order valence-electron chi connectivity index (χ4n) is 2.33. The molecule has 0 amide bonds. The Bertz CT molecular complexity index is 439. The molecular weight excluding hydrogens is 208 g/mol. The van der Waals surface area contributed by atoms with Crippen LogP contribution in [0.4, 0.5) is 0 Å². The highest BCUT2D eigenvalue weighted by Crippen LogP contribution is 2.36. The van der Waals surface area contributed by atoms with Gasteiger partial charge in [-0.1, -0.05) is 17.7 Å². The molecule has 1 aliphatic heterocycles. The van der Waals surface area contributed by atoms with Crippen molar-refractivity contribution in [2.45, 2.75) is 19.4 Å². The van der Waals surface area contributed by atoms with Gasteiger partial charge in [-0.2, -0.15) is 0 Å². The van der Waals surface area contributed by atoms with Gasteiger partial charge in [0, 0.05) is 24.7 Å². The number of pyridine rings is 1. The molecular formula is C12H13ClN2. The van der Waals surface area contributed by atoms with Crippen molar-refractivity contribution in [1.82, 2.24) is 10.3 Å². The summed E-state index contributed by atoms with van der Waals surface area (Å²) < 4.78 is 0. The van der Waals surface area contributed by atoms with Crippen molar-refractivity contribution in [1.29, 1.82) is 0 Å². The third-order valence-corrected chi connectivity index (χ3v) is 3.77. The first-order chi connectivity index (χ1) is 7.24. The van der Waals surface area contributed by atoms with E-state index in [0.717, 1.165) is 24.4 Å². The SMILES string of the molecule is Cc1cc(C2=C[C@@H]3CN[C@@H]3C2)cnc1Cl. The number of fused-ring (bicyclic) bond motifs is 1. The van der Waals surface area contributed by atoms with Crippen molar-refractivity contribution in [2.24, 2.45) is 5.92 Å². The van der Waals surface area contributed by atoms with Crippen LogP contribution in [0, 0.1) is 12.8 Å². The maximum atomic E-state index is 5.91. The van der Waals surface area contributed by atoms with E-state index in [1.54, 1.807) is 0 Å². The molecule has 2 nitrogen and oxygen atoms in total. The fourth-order valence-corrected chi connectivity index (χ4v) is 2.43. The number of aromatic nitrogens is 1. The maximum absolute atomic E-state index is 5.91. The fraction of sp³-hybridized carbons (Fsp3) is 0.417. The van der Waals surface area contributed by atoms with Gasteiger partial charge in [-0.3, -0.25) is 0 Å². The summed E-state index contributed by atoms with van der Waals surface area (Å²) in [4.78, 5) is 4.20. The Morgan fingerprint density at radius 1 is 1.53 bits per heavy atom. The van der Waals surface area contributed by atoms with Crippen molar-refractivity contribution in [2.75, 3.05) is 6.54 Å². The zero-order chi connectivity index (χ0) is 10.4. The molecule has 1 N–H and O–H groups in total. The number of halogens is 1. The molecule has 78 valence electrons. The number of hydrogen-bond donors (Lipinski definition) is 1. The Balaban J connectivity index is 1.93. The third kappa shape index (κ3) is 1.48. The van der Waals surface area contributed by atoms with Gasteiger partial charge < -0.3 is 5.32 Å². The lowest BCUT2D eigenvalue weighted by atomic mass is 9.95. The van der Waals surface area contributed by atoms with Gasteiger partial charge in [-0.15, -0.1) is 0 Å². The lowest BCUT2D eigenvalue weighted by molar-refractivity contribution is 0.306. The van der Waals surface area contributed by atoms with Gasteiger partial charge in [0.2, 0.25) is 0 Å². The van der Waals surface area contributed by atoms with Crippen molar-refractivity contribution in [3.63, 3.8) is 0 Å².